The van der Waals surface area contributed by atoms with Gasteiger partial charge >= 0.3 is 0 Å². The number of carbonyl (C=O) groups excluding carboxylic acids is 1. The second-order valence-electron chi connectivity index (χ2n) is 20.1. The number of nitrogens with one attached hydrogen (secondary N) is 5. The largest absolute Gasteiger partial charge is 0.338 e. The Morgan fingerprint density at radius 1 is 0.638 bits per heavy atom. The molecular weight excluding hydrogens is 861 g/mol. The average molecular weight is 925 g/mol. The van der Waals surface area contributed by atoms with E-state index in [4.69, 9.17) is 9.97 Å². The molecule has 1 amide bonds. The first kappa shape index (κ1) is 46.7. The third-order valence-electron chi connectivity index (χ3n) is 13.6. The highest BCUT2D eigenvalue weighted by molar-refractivity contribution is 5.91. The van der Waals surface area contributed by atoms with Crippen LogP contribution in [0.3, 0.4) is 0 Å². The number of nitrogens with zero attached hydrogens (tertiary/aromatic N) is 9. The quantitative estimate of drug-likeness (QED) is 0.0980. The molecule has 5 N–H and O–H groups in total. The molecule has 2 atom stereocenters. The summed E-state index contributed by atoms with van der Waals surface area (Å²) >= 11 is 0. The van der Waals surface area contributed by atoms with Crippen LogP contribution in [0.25, 0.3) is 22.1 Å². The number of aryl methyl sites for hydroxylation is 6. The summed E-state index contributed by atoms with van der Waals surface area (Å²) in [6.45, 7) is 23.0. The van der Waals surface area contributed by atoms with Crippen molar-refractivity contribution in [3.05, 3.63) is 130 Å². The molecule has 10 rings (SSSR count). The minimum atomic E-state index is -0.219. The van der Waals surface area contributed by atoms with Crippen molar-refractivity contribution in [3.63, 3.8) is 0 Å². The molecule has 0 radical (unpaired) electrons. The molecule has 0 saturated carbocycles. The van der Waals surface area contributed by atoms with Gasteiger partial charge < -0.3 is 31.5 Å². The highest BCUT2D eigenvalue weighted by atomic mass is 16.2. The van der Waals surface area contributed by atoms with Crippen LogP contribution in [0.2, 0.25) is 0 Å². The zero-order valence-corrected chi connectivity index (χ0v) is 42.1. The summed E-state index contributed by atoms with van der Waals surface area (Å²) < 4.78 is 3.55. The van der Waals surface area contributed by atoms with Gasteiger partial charge in [0.2, 0.25) is 17.8 Å². The lowest BCUT2D eigenvalue weighted by molar-refractivity contribution is -0.138. The number of benzene rings is 4. The summed E-state index contributed by atoms with van der Waals surface area (Å²) in [6, 6.07) is 25.6. The van der Waals surface area contributed by atoms with E-state index in [1.807, 2.05) is 31.3 Å². The highest BCUT2D eigenvalue weighted by Crippen LogP contribution is 2.40. The molecule has 6 heterocycles. The van der Waals surface area contributed by atoms with Crippen LogP contribution in [0.1, 0.15) is 105 Å². The Morgan fingerprint density at radius 2 is 1.09 bits per heavy atom. The van der Waals surface area contributed by atoms with E-state index in [0.29, 0.717) is 17.9 Å². The number of fused-ring (bicyclic) bond motifs is 4. The van der Waals surface area contributed by atoms with Gasteiger partial charge in [-0.25, -0.2) is 19.3 Å². The molecule has 15 nitrogen and oxygen atoms in total. The van der Waals surface area contributed by atoms with E-state index >= 15 is 0 Å². The van der Waals surface area contributed by atoms with Gasteiger partial charge in [-0.15, -0.1) is 0 Å². The van der Waals surface area contributed by atoms with Gasteiger partial charge in [0, 0.05) is 73.3 Å². The van der Waals surface area contributed by atoms with E-state index in [9.17, 15) is 4.79 Å². The van der Waals surface area contributed by atoms with Crippen LogP contribution in [0.4, 0.5) is 46.3 Å². The number of hydrogen-bond donors (Lipinski definition) is 5. The van der Waals surface area contributed by atoms with Crippen molar-refractivity contribution in [2.75, 3.05) is 21.3 Å². The number of amides is 1. The van der Waals surface area contributed by atoms with E-state index in [-0.39, 0.29) is 23.0 Å². The lowest BCUT2D eigenvalue weighted by Gasteiger charge is -2.47. The van der Waals surface area contributed by atoms with Crippen LogP contribution in [-0.4, -0.2) is 61.4 Å². The fourth-order valence-electron chi connectivity index (χ4n) is 10.5. The molecule has 2 aliphatic rings. The predicted molar refractivity (Wildman–Crippen MR) is 279 cm³/mol. The van der Waals surface area contributed by atoms with E-state index < -0.39 is 0 Å². The molecule has 8 aromatic rings. The molecule has 2 unspecified atom stereocenters. The maximum Gasteiger partial charge on any atom is 0.229 e. The Morgan fingerprint density at radius 3 is 1.55 bits per heavy atom. The molecule has 356 valence electrons. The maximum atomic E-state index is 12.4. The molecule has 0 saturated heterocycles. The molecule has 4 aromatic carbocycles. The summed E-state index contributed by atoms with van der Waals surface area (Å²) in [5, 5.41) is 28.4. The van der Waals surface area contributed by atoms with Gasteiger partial charge in [-0.05, 0) is 151 Å². The monoisotopic (exact) mass is 925 g/mol. The van der Waals surface area contributed by atoms with Gasteiger partial charge in [0.25, 0.3) is 0 Å². The molecule has 0 bridgehead atoms. The number of hydrogen-bond acceptors (Lipinski definition) is 12. The van der Waals surface area contributed by atoms with Crippen molar-refractivity contribution in [1.82, 2.24) is 49.7 Å². The average Bonchev–Trinajstić information content (AvgIpc) is 3.76. The minimum absolute atomic E-state index is 0.0120. The maximum absolute atomic E-state index is 12.4. The predicted octanol–water partition coefficient (Wildman–Crippen LogP) is 11.2. The zero-order valence-electron chi connectivity index (χ0n) is 42.1. The van der Waals surface area contributed by atoms with Crippen LogP contribution >= 0.6 is 0 Å². The number of rotatable bonds is 8. The Bertz CT molecular complexity index is 3230. The Hall–Kier alpha value is -7.39. The fourth-order valence-corrected chi connectivity index (χ4v) is 10.5. The third-order valence-corrected chi connectivity index (χ3v) is 13.6. The van der Waals surface area contributed by atoms with Gasteiger partial charge in [-0.1, -0.05) is 48.5 Å². The van der Waals surface area contributed by atoms with Gasteiger partial charge in [-0.2, -0.15) is 20.2 Å². The summed E-state index contributed by atoms with van der Waals surface area (Å²) in [5.74, 6) is 2.63. The van der Waals surface area contributed by atoms with Crippen LogP contribution in [0, 0.1) is 27.7 Å². The molecule has 0 aliphatic carbocycles. The van der Waals surface area contributed by atoms with Crippen molar-refractivity contribution in [2.24, 2.45) is 14.1 Å². The van der Waals surface area contributed by atoms with Crippen molar-refractivity contribution in [1.29, 1.82) is 0 Å². The second-order valence-corrected chi connectivity index (χ2v) is 20.1. The molecule has 4 aromatic heterocycles. The standard InChI is InChI=1S/C28H33N7O.C26H31N7/c1-16-9-8-10-17(2)24(16)31-25-23-15-29-27(32-26(23)34(7)33-25)30-21-12-11-20-14-28(5,6)35(19(4)36)18(3)22(20)13-21;1-15-8-7-9-16(2)22(15)29-23-21-14-27-25(30-24(21)33(6)32-23)28-19-11-10-18-13-26(4,5)31-17(3)20(18)12-19/h8-13,15,18H,14H2,1-7H3,(H,31,33)(H,29,30,32);7-12,14,17,31H,13H2,1-6H3,(H,29,32)(H,27,28,30). The van der Waals surface area contributed by atoms with Crippen molar-refractivity contribution < 1.29 is 4.79 Å². The molecule has 0 fully saturated rings. The molecule has 2 aliphatic heterocycles. The SMILES string of the molecule is CC(=O)N1C(C)c2cc(Nc3ncc4c(Nc5c(C)cccc5C)nn(C)c4n3)ccc2CC1(C)C.Cc1cccc(C)c1Nc1nn(C)c2nc(Nc3ccc4c(c3)C(C)NC(C)(C)C4)ncc12. The summed E-state index contributed by atoms with van der Waals surface area (Å²) in [5.41, 5.74) is 15.2. The molecule has 15 heteroatoms. The van der Waals surface area contributed by atoms with Gasteiger partial charge in [0.05, 0.1) is 16.8 Å². The Balaban J connectivity index is 0.000000172. The van der Waals surface area contributed by atoms with E-state index in [0.717, 1.165) is 86.0 Å². The minimum Gasteiger partial charge on any atom is -0.338 e. The Labute approximate surface area is 404 Å². The van der Waals surface area contributed by atoms with Gasteiger partial charge in [-0.3, -0.25) is 4.79 Å². The van der Waals surface area contributed by atoms with Crippen molar-refractivity contribution in [2.45, 2.75) is 112 Å². The lowest BCUT2D eigenvalue weighted by atomic mass is 9.81. The zero-order chi connectivity index (χ0) is 49.1. The summed E-state index contributed by atoms with van der Waals surface area (Å²) in [7, 11) is 3.79. The number of aromatic nitrogens is 8. The first-order valence-corrected chi connectivity index (χ1v) is 23.7. The summed E-state index contributed by atoms with van der Waals surface area (Å²) in [4.78, 5) is 33.0. The van der Waals surface area contributed by atoms with Crippen LogP contribution in [0.5, 0.6) is 0 Å². The number of carbonyl (C=O) groups is 1. The molecular formula is C54H64N14O. The topological polar surface area (TPSA) is 168 Å². The fraction of sp³-hybridized carbons (Fsp3) is 0.352. The second kappa shape index (κ2) is 17.9. The molecule has 69 heavy (non-hydrogen) atoms. The van der Waals surface area contributed by atoms with Crippen LogP contribution in [-0.2, 0) is 31.7 Å². The van der Waals surface area contributed by atoms with E-state index in [1.54, 1.807) is 22.5 Å². The smallest absolute Gasteiger partial charge is 0.229 e. The van der Waals surface area contributed by atoms with Gasteiger partial charge in [0.15, 0.2) is 22.9 Å². The van der Waals surface area contributed by atoms with Crippen molar-refractivity contribution >= 4 is 74.3 Å². The lowest BCUT2D eigenvalue weighted by Crippen LogP contribution is -2.52. The van der Waals surface area contributed by atoms with Crippen molar-refractivity contribution in [3.8, 4) is 0 Å². The number of para-hydroxylation sites is 2. The van der Waals surface area contributed by atoms with Crippen LogP contribution < -0.4 is 26.6 Å². The Kier molecular flexibility index (Phi) is 12.1. The van der Waals surface area contributed by atoms with Gasteiger partial charge in [0.1, 0.15) is 0 Å². The number of anilines is 8. The highest BCUT2D eigenvalue weighted by Gasteiger charge is 2.39. The summed E-state index contributed by atoms with van der Waals surface area (Å²) in [6.07, 6.45) is 5.47. The van der Waals surface area contributed by atoms with Crippen LogP contribution in [0.15, 0.2) is 85.2 Å². The third kappa shape index (κ3) is 9.30. The normalized spacial score (nSPS) is 16.9. The van der Waals surface area contributed by atoms with E-state index in [1.165, 1.54) is 27.8 Å². The first-order chi connectivity index (χ1) is 32.7. The first-order valence-electron chi connectivity index (χ1n) is 23.7. The van der Waals surface area contributed by atoms with E-state index in [2.05, 4.69) is 183 Å². The molecule has 0 spiro atoms.